The minimum atomic E-state index is 0.865. The molecule has 0 heteroatoms. The van der Waals surface area contributed by atoms with E-state index in [0.29, 0.717) is 0 Å². The lowest BCUT2D eigenvalue weighted by Gasteiger charge is -2.38. The maximum absolute atomic E-state index is 2.51. The zero-order valence-electron chi connectivity index (χ0n) is 14.3. The molecule has 0 aromatic heterocycles. The summed E-state index contributed by atoms with van der Waals surface area (Å²) in [7, 11) is 0. The van der Waals surface area contributed by atoms with Crippen LogP contribution in [0.3, 0.4) is 0 Å². The molecule has 6 unspecified atom stereocenters. The quantitative estimate of drug-likeness (QED) is 0.446. The fraction of sp³-hybridized carbons (Fsp3) is 1.00. The van der Waals surface area contributed by atoms with Crippen LogP contribution in [-0.4, -0.2) is 0 Å². The third-order valence-electron chi connectivity index (χ3n) is 5.87. The highest BCUT2D eigenvalue weighted by Crippen LogP contribution is 2.38. The molecule has 0 spiro atoms. The topological polar surface area (TPSA) is 0 Å². The third kappa shape index (κ3) is 4.59. The normalized spacial score (nSPS) is 22.0. The lowest BCUT2D eigenvalue weighted by molar-refractivity contribution is 0.110. The Hall–Kier alpha value is 0. The summed E-state index contributed by atoms with van der Waals surface area (Å²) in [5.41, 5.74) is 0. The molecule has 0 saturated carbocycles. The van der Waals surface area contributed by atoms with Crippen molar-refractivity contribution in [2.75, 3.05) is 0 Å². The summed E-state index contributed by atoms with van der Waals surface area (Å²) in [6, 6.07) is 0. The summed E-state index contributed by atoms with van der Waals surface area (Å²) in [6.45, 7) is 19.4. The molecule has 0 heterocycles. The Morgan fingerprint density at radius 3 is 0.944 bits per heavy atom. The van der Waals surface area contributed by atoms with Gasteiger partial charge in [0.25, 0.3) is 0 Å². The Labute approximate surface area is 117 Å². The minimum absolute atomic E-state index is 0.865. The zero-order chi connectivity index (χ0) is 14.3. The molecule has 0 aromatic carbocycles. The first kappa shape index (κ1) is 18.0. The van der Waals surface area contributed by atoms with Crippen molar-refractivity contribution in [3.8, 4) is 0 Å². The van der Waals surface area contributed by atoms with E-state index in [1.165, 1.54) is 25.7 Å². The first-order chi connectivity index (χ1) is 8.44. The molecule has 110 valence electrons. The van der Waals surface area contributed by atoms with Gasteiger partial charge in [-0.15, -0.1) is 0 Å². The Morgan fingerprint density at radius 2 is 0.778 bits per heavy atom. The van der Waals surface area contributed by atoms with Gasteiger partial charge < -0.3 is 0 Å². The second-order valence-corrected chi connectivity index (χ2v) is 6.63. The first-order valence-corrected chi connectivity index (χ1v) is 8.44. The van der Waals surface area contributed by atoms with Crippen molar-refractivity contribution >= 4 is 0 Å². The molecule has 6 atom stereocenters. The third-order valence-corrected chi connectivity index (χ3v) is 5.87. The van der Waals surface area contributed by atoms with Gasteiger partial charge in [0.2, 0.25) is 0 Å². The van der Waals surface area contributed by atoms with Crippen LogP contribution in [0.5, 0.6) is 0 Å². The summed E-state index contributed by atoms with van der Waals surface area (Å²) in [5, 5.41) is 0. The predicted octanol–water partition coefficient (Wildman–Crippen LogP) is 6.40. The standard InChI is InChI=1S/C18H38/c1-9-13(5)17(11-3)15(7)16(8)18(12-4)14(6)10-2/h13-18H,9-12H2,1-8H3. The number of hydrogen-bond acceptors (Lipinski definition) is 0. The van der Waals surface area contributed by atoms with Gasteiger partial charge in [-0.2, -0.15) is 0 Å². The summed E-state index contributed by atoms with van der Waals surface area (Å²) < 4.78 is 0. The Bertz CT molecular complexity index is 174. The van der Waals surface area contributed by atoms with Gasteiger partial charge in [0.1, 0.15) is 0 Å². The van der Waals surface area contributed by atoms with E-state index in [1.54, 1.807) is 0 Å². The average molecular weight is 255 g/mol. The second-order valence-electron chi connectivity index (χ2n) is 6.63. The minimum Gasteiger partial charge on any atom is -0.0651 e. The molecule has 0 nitrogen and oxygen atoms in total. The largest absolute Gasteiger partial charge is 0.0651 e. The van der Waals surface area contributed by atoms with Crippen molar-refractivity contribution in [2.24, 2.45) is 35.5 Å². The smallest absolute Gasteiger partial charge is 0.0363 e. The van der Waals surface area contributed by atoms with Gasteiger partial charge in [-0.1, -0.05) is 81.1 Å². The molecule has 0 N–H and O–H groups in total. The molecule has 0 amide bonds. The highest BCUT2D eigenvalue weighted by Gasteiger charge is 2.31. The number of rotatable bonds is 9. The van der Waals surface area contributed by atoms with Crippen molar-refractivity contribution < 1.29 is 0 Å². The molecule has 0 bridgehead atoms. The van der Waals surface area contributed by atoms with Crippen molar-refractivity contribution in [1.82, 2.24) is 0 Å². The van der Waals surface area contributed by atoms with Gasteiger partial charge in [-0.05, 0) is 35.5 Å². The molecule has 18 heavy (non-hydrogen) atoms. The number of hydrogen-bond donors (Lipinski definition) is 0. The van der Waals surface area contributed by atoms with Crippen molar-refractivity contribution in [1.29, 1.82) is 0 Å². The average Bonchev–Trinajstić information content (AvgIpc) is 2.39. The van der Waals surface area contributed by atoms with Gasteiger partial charge in [0, 0.05) is 0 Å². The molecule has 0 aliphatic heterocycles. The lowest BCUT2D eigenvalue weighted by atomic mass is 9.67. The predicted molar refractivity (Wildman–Crippen MR) is 84.8 cm³/mol. The first-order valence-electron chi connectivity index (χ1n) is 8.44. The van der Waals surface area contributed by atoms with Gasteiger partial charge in [0.15, 0.2) is 0 Å². The van der Waals surface area contributed by atoms with E-state index in [4.69, 9.17) is 0 Å². The Kier molecular flexibility index (Phi) is 8.99. The molecule has 0 aliphatic rings. The molecule has 0 aliphatic carbocycles. The van der Waals surface area contributed by atoms with Gasteiger partial charge in [-0.25, -0.2) is 0 Å². The van der Waals surface area contributed by atoms with Crippen LogP contribution in [0.2, 0.25) is 0 Å². The summed E-state index contributed by atoms with van der Waals surface area (Å²) >= 11 is 0. The summed E-state index contributed by atoms with van der Waals surface area (Å²) in [4.78, 5) is 0. The van der Waals surface area contributed by atoms with Crippen LogP contribution in [-0.2, 0) is 0 Å². The van der Waals surface area contributed by atoms with Gasteiger partial charge in [0.05, 0.1) is 0 Å². The van der Waals surface area contributed by atoms with Gasteiger partial charge in [-0.3, -0.25) is 0 Å². The summed E-state index contributed by atoms with van der Waals surface area (Å²) in [5.74, 6) is 5.29. The maximum atomic E-state index is 2.51. The second kappa shape index (κ2) is 8.99. The van der Waals surface area contributed by atoms with Crippen LogP contribution in [0.15, 0.2) is 0 Å². The van der Waals surface area contributed by atoms with Crippen LogP contribution in [0.25, 0.3) is 0 Å². The van der Waals surface area contributed by atoms with E-state index in [9.17, 15) is 0 Å². The molecule has 0 saturated heterocycles. The van der Waals surface area contributed by atoms with Crippen molar-refractivity contribution in [3.63, 3.8) is 0 Å². The maximum Gasteiger partial charge on any atom is -0.0363 e. The van der Waals surface area contributed by atoms with Crippen LogP contribution in [0.4, 0.5) is 0 Å². The molecule has 0 rings (SSSR count). The van der Waals surface area contributed by atoms with Crippen LogP contribution in [0.1, 0.15) is 81.1 Å². The van der Waals surface area contributed by atoms with Crippen LogP contribution < -0.4 is 0 Å². The SMILES string of the molecule is CCC(C)C(CC)C(C)C(C)C(CC)C(C)CC. The molecule has 0 radical (unpaired) electrons. The molecular weight excluding hydrogens is 216 g/mol. The molecule has 0 aromatic rings. The summed E-state index contributed by atoms with van der Waals surface area (Å²) in [6.07, 6.45) is 5.35. The van der Waals surface area contributed by atoms with Crippen LogP contribution in [0, 0.1) is 35.5 Å². The fourth-order valence-corrected chi connectivity index (χ4v) is 3.97. The Morgan fingerprint density at radius 1 is 0.500 bits per heavy atom. The van der Waals surface area contributed by atoms with E-state index in [1.807, 2.05) is 0 Å². The monoisotopic (exact) mass is 254 g/mol. The molecular formula is C18H38. The van der Waals surface area contributed by atoms with Crippen LogP contribution >= 0.6 is 0 Å². The van der Waals surface area contributed by atoms with E-state index < -0.39 is 0 Å². The van der Waals surface area contributed by atoms with E-state index in [0.717, 1.165) is 35.5 Å². The highest BCUT2D eigenvalue weighted by molar-refractivity contribution is 4.80. The molecule has 0 fully saturated rings. The van der Waals surface area contributed by atoms with Crippen molar-refractivity contribution in [2.45, 2.75) is 81.1 Å². The lowest BCUT2D eigenvalue weighted by Crippen LogP contribution is -2.31. The fourth-order valence-electron chi connectivity index (χ4n) is 3.97. The van der Waals surface area contributed by atoms with E-state index in [2.05, 4.69) is 55.4 Å². The Balaban J connectivity index is 4.76. The van der Waals surface area contributed by atoms with Gasteiger partial charge >= 0.3 is 0 Å². The van der Waals surface area contributed by atoms with E-state index in [-0.39, 0.29) is 0 Å². The van der Waals surface area contributed by atoms with E-state index >= 15 is 0 Å². The van der Waals surface area contributed by atoms with Crippen molar-refractivity contribution in [3.05, 3.63) is 0 Å². The highest BCUT2D eigenvalue weighted by atomic mass is 14.4. The zero-order valence-corrected chi connectivity index (χ0v) is 14.3.